The molecule has 1 atom stereocenters. The van der Waals surface area contributed by atoms with Crippen LogP contribution in [0.15, 0.2) is 18.2 Å². The number of aliphatic hydroxyl groups excluding tert-OH is 2. The average Bonchev–Trinajstić information content (AvgIpc) is 2.92. The Balaban J connectivity index is 2.26. The first-order valence-corrected chi connectivity index (χ1v) is 9.23. The van der Waals surface area contributed by atoms with Crippen molar-refractivity contribution in [3.8, 4) is 6.07 Å². The van der Waals surface area contributed by atoms with Gasteiger partial charge >= 0.3 is 0 Å². The number of rotatable bonds is 7. The standard InChI is InChI=1S/C16H15FIN3O4S/c1-8-13(5-19)26-16(20-12-3-2-9(18)4-11(12)17)14(8)15(24)21-25-7-10(23)6-22/h2-4,10,20,22-23H,6-7H2,1H3,(H,21,24)/t10-/m0/s1. The topological polar surface area (TPSA) is 115 Å². The summed E-state index contributed by atoms with van der Waals surface area (Å²) >= 11 is 3.00. The lowest BCUT2D eigenvalue weighted by Crippen LogP contribution is -2.30. The molecule has 10 heteroatoms. The van der Waals surface area contributed by atoms with Crippen LogP contribution in [0.2, 0.25) is 0 Å². The van der Waals surface area contributed by atoms with Gasteiger partial charge in [0.25, 0.3) is 5.91 Å². The molecule has 0 bridgehead atoms. The second kappa shape index (κ2) is 9.24. The number of carbonyl (C=O) groups is 1. The van der Waals surface area contributed by atoms with Gasteiger partial charge in [0.2, 0.25) is 0 Å². The number of hydrogen-bond donors (Lipinski definition) is 4. The number of aliphatic hydroxyl groups is 2. The summed E-state index contributed by atoms with van der Waals surface area (Å²) in [5, 5.41) is 30.3. The Morgan fingerprint density at radius 3 is 2.88 bits per heavy atom. The van der Waals surface area contributed by atoms with Crippen molar-refractivity contribution in [2.24, 2.45) is 0 Å². The van der Waals surface area contributed by atoms with Crippen LogP contribution < -0.4 is 10.8 Å². The maximum absolute atomic E-state index is 14.1. The lowest BCUT2D eigenvalue weighted by atomic mass is 10.1. The fourth-order valence-electron chi connectivity index (χ4n) is 2.00. The van der Waals surface area contributed by atoms with Crippen molar-refractivity contribution in [1.29, 1.82) is 5.26 Å². The highest BCUT2D eigenvalue weighted by molar-refractivity contribution is 14.1. The molecule has 1 aromatic heterocycles. The van der Waals surface area contributed by atoms with Gasteiger partial charge in [-0.2, -0.15) is 5.26 Å². The van der Waals surface area contributed by atoms with E-state index in [-0.39, 0.29) is 17.9 Å². The Labute approximate surface area is 166 Å². The molecule has 0 unspecified atom stereocenters. The van der Waals surface area contributed by atoms with Gasteiger partial charge < -0.3 is 15.5 Å². The lowest BCUT2D eigenvalue weighted by molar-refractivity contribution is -0.0295. The van der Waals surface area contributed by atoms with Crippen LogP contribution in [-0.4, -0.2) is 35.4 Å². The summed E-state index contributed by atoms with van der Waals surface area (Å²) in [6.07, 6.45) is -1.13. The van der Waals surface area contributed by atoms with Crippen molar-refractivity contribution in [1.82, 2.24) is 5.48 Å². The van der Waals surface area contributed by atoms with Crippen molar-refractivity contribution in [2.45, 2.75) is 13.0 Å². The summed E-state index contributed by atoms with van der Waals surface area (Å²) in [4.78, 5) is 17.6. The van der Waals surface area contributed by atoms with Crippen LogP contribution in [0.4, 0.5) is 15.1 Å². The van der Waals surface area contributed by atoms with E-state index in [2.05, 4.69) is 10.8 Å². The highest BCUT2D eigenvalue weighted by Crippen LogP contribution is 2.35. The molecule has 0 saturated carbocycles. The molecule has 0 aliphatic carbocycles. The zero-order chi connectivity index (χ0) is 19.3. The molecule has 2 aromatic rings. The van der Waals surface area contributed by atoms with Crippen molar-refractivity contribution in [2.75, 3.05) is 18.5 Å². The first-order valence-electron chi connectivity index (χ1n) is 7.34. The number of amides is 1. The molecule has 0 aliphatic heterocycles. The second-order valence-corrected chi connectivity index (χ2v) is 7.47. The van der Waals surface area contributed by atoms with Crippen LogP contribution in [0.3, 0.4) is 0 Å². The minimum atomic E-state index is -1.13. The zero-order valence-corrected chi connectivity index (χ0v) is 16.5. The molecule has 0 radical (unpaired) electrons. The number of nitrogens with one attached hydrogen (secondary N) is 2. The number of benzene rings is 1. The van der Waals surface area contributed by atoms with E-state index in [1.807, 2.05) is 28.7 Å². The Kier molecular flexibility index (Phi) is 7.30. The van der Waals surface area contributed by atoms with Gasteiger partial charge in [-0.3, -0.25) is 9.63 Å². The summed E-state index contributed by atoms with van der Waals surface area (Å²) in [5.41, 5.74) is 2.88. The minimum Gasteiger partial charge on any atom is -0.394 e. The van der Waals surface area contributed by atoms with Crippen molar-refractivity contribution in [3.05, 3.63) is 43.6 Å². The first-order chi connectivity index (χ1) is 12.4. The number of halogens is 2. The van der Waals surface area contributed by atoms with Gasteiger partial charge in [-0.25, -0.2) is 9.87 Å². The Bertz CT molecular complexity index is 853. The number of thiophene rings is 1. The van der Waals surface area contributed by atoms with Gasteiger partial charge in [0.05, 0.1) is 17.9 Å². The fraction of sp³-hybridized carbons (Fsp3) is 0.250. The summed E-state index contributed by atoms with van der Waals surface area (Å²) in [5.74, 6) is -1.14. The molecule has 0 aliphatic rings. The number of anilines is 2. The van der Waals surface area contributed by atoms with Gasteiger partial charge in [-0.05, 0) is 53.3 Å². The third kappa shape index (κ3) is 4.89. The Morgan fingerprint density at radius 1 is 1.54 bits per heavy atom. The summed E-state index contributed by atoms with van der Waals surface area (Å²) in [7, 11) is 0. The van der Waals surface area contributed by atoms with Crippen LogP contribution in [0.1, 0.15) is 20.8 Å². The predicted octanol–water partition coefficient (Wildman–Crippen LogP) is 2.43. The highest BCUT2D eigenvalue weighted by Gasteiger charge is 2.22. The smallest absolute Gasteiger partial charge is 0.278 e. The SMILES string of the molecule is Cc1c(C#N)sc(Nc2ccc(I)cc2F)c1C(=O)NOC[C@@H](O)CO. The van der Waals surface area contributed by atoms with E-state index in [0.717, 1.165) is 14.9 Å². The first kappa shape index (κ1) is 20.5. The molecule has 0 spiro atoms. The lowest BCUT2D eigenvalue weighted by Gasteiger charge is -2.11. The monoisotopic (exact) mass is 491 g/mol. The van der Waals surface area contributed by atoms with Crippen LogP contribution >= 0.6 is 33.9 Å². The van der Waals surface area contributed by atoms with Crippen molar-refractivity contribution >= 4 is 50.5 Å². The number of carbonyl (C=O) groups excluding carboxylic acids is 1. The molecular formula is C16H15FIN3O4S. The molecule has 0 saturated heterocycles. The average molecular weight is 491 g/mol. The normalized spacial score (nSPS) is 11.7. The summed E-state index contributed by atoms with van der Waals surface area (Å²) in [6.45, 7) is 0.790. The third-order valence-electron chi connectivity index (χ3n) is 3.31. The predicted molar refractivity (Wildman–Crippen MR) is 103 cm³/mol. The molecule has 1 aromatic carbocycles. The number of hydrogen-bond acceptors (Lipinski definition) is 7. The van der Waals surface area contributed by atoms with Gasteiger partial charge in [0, 0.05) is 3.57 Å². The molecule has 1 amide bonds. The number of nitrogens with zero attached hydrogens (tertiary/aromatic N) is 1. The summed E-state index contributed by atoms with van der Waals surface area (Å²) < 4.78 is 14.8. The maximum Gasteiger partial charge on any atom is 0.278 e. The maximum atomic E-state index is 14.1. The molecule has 1 heterocycles. The van der Waals surface area contributed by atoms with E-state index in [1.54, 1.807) is 13.0 Å². The molecule has 26 heavy (non-hydrogen) atoms. The van der Waals surface area contributed by atoms with Crippen molar-refractivity contribution < 1.29 is 24.2 Å². The van der Waals surface area contributed by atoms with Crippen LogP contribution in [0, 0.1) is 27.6 Å². The highest BCUT2D eigenvalue weighted by atomic mass is 127. The number of hydroxylamine groups is 1. The molecule has 7 nitrogen and oxygen atoms in total. The fourth-order valence-corrected chi connectivity index (χ4v) is 3.47. The van der Waals surface area contributed by atoms with E-state index in [9.17, 15) is 19.6 Å². The Hall–Kier alpha value is -1.78. The van der Waals surface area contributed by atoms with Crippen molar-refractivity contribution in [3.63, 3.8) is 0 Å². The van der Waals surface area contributed by atoms with E-state index in [0.29, 0.717) is 15.4 Å². The number of nitriles is 1. The second-order valence-electron chi connectivity index (χ2n) is 5.20. The Morgan fingerprint density at radius 2 is 2.27 bits per heavy atom. The zero-order valence-electron chi connectivity index (χ0n) is 13.5. The van der Waals surface area contributed by atoms with Gasteiger partial charge in [0.15, 0.2) is 0 Å². The molecule has 4 N–H and O–H groups in total. The molecular weight excluding hydrogens is 476 g/mol. The van der Waals surface area contributed by atoms with E-state index in [1.165, 1.54) is 12.1 Å². The minimum absolute atomic E-state index is 0.142. The van der Waals surface area contributed by atoms with E-state index < -0.39 is 24.4 Å². The van der Waals surface area contributed by atoms with Gasteiger partial charge in [-0.1, -0.05) is 0 Å². The van der Waals surface area contributed by atoms with E-state index >= 15 is 0 Å². The quantitative estimate of drug-likeness (QED) is 0.350. The van der Waals surface area contributed by atoms with Crippen LogP contribution in [0.25, 0.3) is 0 Å². The van der Waals surface area contributed by atoms with Crippen LogP contribution in [-0.2, 0) is 4.84 Å². The van der Waals surface area contributed by atoms with Gasteiger partial charge in [-0.15, -0.1) is 11.3 Å². The molecule has 2 rings (SSSR count). The third-order valence-corrected chi connectivity index (χ3v) is 5.09. The van der Waals surface area contributed by atoms with E-state index in [4.69, 9.17) is 9.94 Å². The van der Waals surface area contributed by atoms with Gasteiger partial charge in [0.1, 0.15) is 34.5 Å². The molecule has 138 valence electrons. The largest absolute Gasteiger partial charge is 0.394 e. The van der Waals surface area contributed by atoms with Crippen LogP contribution in [0.5, 0.6) is 0 Å². The molecule has 0 fully saturated rings. The summed E-state index contributed by atoms with van der Waals surface area (Å²) in [6, 6.07) is 6.58.